The van der Waals surface area contributed by atoms with Gasteiger partial charge in [-0.3, -0.25) is 9.79 Å². The van der Waals surface area contributed by atoms with Crippen molar-refractivity contribution in [3.05, 3.63) is 47.9 Å². The van der Waals surface area contributed by atoms with Crippen molar-refractivity contribution in [3.63, 3.8) is 0 Å². The normalized spacial score (nSPS) is 15.8. The average molecular weight is 433 g/mol. The maximum Gasteiger partial charge on any atom is 0.269 e. The number of aromatic nitrogens is 3. The van der Waals surface area contributed by atoms with Gasteiger partial charge >= 0.3 is 0 Å². The summed E-state index contributed by atoms with van der Waals surface area (Å²) >= 11 is 0. The molecule has 0 fully saturated rings. The Labute approximate surface area is 183 Å². The van der Waals surface area contributed by atoms with Crippen LogP contribution in [0.25, 0.3) is 0 Å². The quantitative estimate of drug-likeness (QED) is 0.563. The molecule has 0 spiro atoms. The minimum atomic E-state index is -0.996. The summed E-state index contributed by atoms with van der Waals surface area (Å²) in [5, 5.41) is 8.59. The summed E-state index contributed by atoms with van der Waals surface area (Å²) < 4.78 is 20.0. The molecule has 0 saturated carbocycles. The smallest absolute Gasteiger partial charge is 0.269 e. The molecule has 5 rings (SSSR count). The molecule has 2 aliphatic rings. The summed E-state index contributed by atoms with van der Waals surface area (Å²) in [5.74, 6) is 0.158. The molecule has 4 heterocycles. The van der Waals surface area contributed by atoms with E-state index in [0.717, 1.165) is 35.3 Å². The maximum atomic E-state index is 14.4. The fourth-order valence-corrected chi connectivity index (χ4v) is 3.45. The number of fused-ring (bicyclic) bond motifs is 2. The third-order valence-corrected chi connectivity index (χ3v) is 5.09. The molecule has 0 aliphatic carbocycles. The first-order valence-electron chi connectivity index (χ1n) is 10.0. The minimum absolute atomic E-state index is 0.0617. The zero-order valence-corrected chi connectivity index (χ0v) is 17.7. The number of benzene rings is 1. The molecule has 2 aliphatic heterocycles. The lowest BCUT2D eigenvalue weighted by atomic mass is 10.1. The average Bonchev–Trinajstić information content (AvgIpc) is 3.11. The van der Waals surface area contributed by atoms with Crippen molar-refractivity contribution in [3.8, 4) is 5.75 Å². The van der Waals surface area contributed by atoms with Gasteiger partial charge in [0, 0.05) is 17.8 Å². The number of halogens is 1. The van der Waals surface area contributed by atoms with Crippen LogP contribution in [0.2, 0.25) is 0 Å². The van der Waals surface area contributed by atoms with Gasteiger partial charge < -0.3 is 20.7 Å². The van der Waals surface area contributed by atoms with Crippen LogP contribution in [0.4, 0.5) is 39.2 Å². The Morgan fingerprint density at radius 1 is 1.16 bits per heavy atom. The van der Waals surface area contributed by atoms with Gasteiger partial charge in [-0.15, -0.1) is 0 Å². The van der Waals surface area contributed by atoms with Gasteiger partial charge in [-0.2, -0.15) is 4.98 Å². The molecule has 9 nitrogen and oxygen atoms in total. The molecule has 1 amide bonds. The van der Waals surface area contributed by atoms with E-state index in [4.69, 9.17) is 4.74 Å². The summed E-state index contributed by atoms with van der Waals surface area (Å²) in [5.41, 5.74) is 2.87. The predicted octanol–water partition coefficient (Wildman–Crippen LogP) is 4.26. The van der Waals surface area contributed by atoms with Crippen LogP contribution in [0.1, 0.15) is 26.3 Å². The fraction of sp³-hybridized carbons (Fsp3) is 0.227. The van der Waals surface area contributed by atoms with Crippen molar-refractivity contribution >= 4 is 46.4 Å². The number of anilines is 5. The highest BCUT2D eigenvalue weighted by molar-refractivity contribution is 5.99. The topological polar surface area (TPSA) is 113 Å². The molecule has 2 aromatic heterocycles. The SMILES string of the molecule is CC1=Nc2cc(Nc3ncc(F)c(Nc4ccc5c(n4)NC(=O)C(C)(C)O5)n3)ccc2C1. The van der Waals surface area contributed by atoms with Crippen molar-refractivity contribution in [1.29, 1.82) is 0 Å². The van der Waals surface area contributed by atoms with Gasteiger partial charge in [0.15, 0.2) is 28.8 Å². The molecule has 0 atom stereocenters. The second kappa shape index (κ2) is 7.26. The third kappa shape index (κ3) is 3.70. The molecule has 3 aromatic rings. The lowest BCUT2D eigenvalue weighted by Crippen LogP contribution is -2.46. The van der Waals surface area contributed by atoms with E-state index in [1.807, 2.05) is 25.1 Å². The van der Waals surface area contributed by atoms with Crippen LogP contribution in [0, 0.1) is 5.82 Å². The van der Waals surface area contributed by atoms with Gasteiger partial charge in [0.2, 0.25) is 5.95 Å². The molecule has 0 saturated heterocycles. The van der Waals surface area contributed by atoms with Crippen LogP contribution in [0.15, 0.2) is 41.5 Å². The lowest BCUT2D eigenvalue weighted by molar-refractivity contribution is -0.129. The van der Waals surface area contributed by atoms with Gasteiger partial charge in [-0.05, 0) is 50.6 Å². The second-order valence-corrected chi connectivity index (χ2v) is 8.12. The summed E-state index contributed by atoms with van der Waals surface area (Å²) in [6, 6.07) is 9.07. The Hall–Kier alpha value is -4.08. The number of amides is 1. The number of nitrogens with zero attached hydrogens (tertiary/aromatic N) is 4. The van der Waals surface area contributed by atoms with Crippen LogP contribution < -0.4 is 20.7 Å². The molecule has 162 valence electrons. The van der Waals surface area contributed by atoms with Crippen molar-refractivity contribution in [1.82, 2.24) is 15.0 Å². The Kier molecular flexibility index (Phi) is 4.50. The number of carbonyl (C=O) groups is 1. The van der Waals surface area contributed by atoms with E-state index in [0.29, 0.717) is 11.6 Å². The van der Waals surface area contributed by atoms with Gasteiger partial charge in [0.1, 0.15) is 5.82 Å². The van der Waals surface area contributed by atoms with Crippen LogP contribution in [-0.2, 0) is 11.2 Å². The van der Waals surface area contributed by atoms with Crippen molar-refractivity contribution in [2.24, 2.45) is 4.99 Å². The van der Waals surface area contributed by atoms with Crippen molar-refractivity contribution in [2.45, 2.75) is 32.8 Å². The Bertz CT molecular complexity index is 1290. The van der Waals surface area contributed by atoms with Gasteiger partial charge in [-0.25, -0.2) is 14.4 Å². The number of hydrogen-bond acceptors (Lipinski definition) is 8. The highest BCUT2D eigenvalue weighted by Gasteiger charge is 2.36. The molecule has 0 bridgehead atoms. The molecule has 3 N–H and O–H groups in total. The maximum absolute atomic E-state index is 14.4. The molecular formula is C22H20FN7O2. The minimum Gasteiger partial charge on any atom is -0.474 e. The van der Waals surface area contributed by atoms with E-state index in [9.17, 15) is 9.18 Å². The van der Waals surface area contributed by atoms with E-state index >= 15 is 0 Å². The number of nitrogens with one attached hydrogen (secondary N) is 3. The zero-order valence-electron chi connectivity index (χ0n) is 17.7. The molecule has 0 radical (unpaired) electrons. The number of aliphatic imine (C=N–C) groups is 1. The molecule has 32 heavy (non-hydrogen) atoms. The monoisotopic (exact) mass is 433 g/mol. The summed E-state index contributed by atoms with van der Waals surface area (Å²) in [7, 11) is 0. The van der Waals surface area contributed by atoms with E-state index in [2.05, 4.69) is 35.9 Å². The van der Waals surface area contributed by atoms with E-state index < -0.39 is 11.4 Å². The van der Waals surface area contributed by atoms with E-state index in [-0.39, 0.29) is 23.5 Å². The number of hydrogen-bond donors (Lipinski definition) is 3. The van der Waals surface area contributed by atoms with E-state index in [1.54, 1.807) is 26.0 Å². The standard InChI is InChI=1S/C22H20FN7O2/c1-11-8-12-4-5-13(9-15(12)25-11)26-21-24-10-14(23)18(30-21)27-17-7-6-16-19(28-17)29-20(31)22(2,3)32-16/h4-7,9-10H,8H2,1-3H3,(H3,24,26,27,28,29,30,31). The number of carbonyl (C=O) groups excluding carboxylic acids is 1. The summed E-state index contributed by atoms with van der Waals surface area (Å²) in [6.07, 6.45) is 1.91. The zero-order chi connectivity index (χ0) is 22.5. The van der Waals surface area contributed by atoms with E-state index in [1.165, 1.54) is 0 Å². The van der Waals surface area contributed by atoms with Crippen LogP contribution in [0.5, 0.6) is 5.75 Å². The van der Waals surface area contributed by atoms with Gasteiger partial charge in [0.25, 0.3) is 5.91 Å². The Morgan fingerprint density at radius 3 is 2.84 bits per heavy atom. The number of pyridine rings is 1. The number of ether oxygens (including phenoxy) is 1. The molecule has 1 aromatic carbocycles. The first kappa shape index (κ1) is 19.9. The Morgan fingerprint density at radius 2 is 2.00 bits per heavy atom. The van der Waals surface area contributed by atoms with Crippen molar-refractivity contribution < 1.29 is 13.9 Å². The first-order chi connectivity index (χ1) is 15.3. The van der Waals surface area contributed by atoms with Crippen LogP contribution >= 0.6 is 0 Å². The Balaban J connectivity index is 1.37. The fourth-order valence-electron chi connectivity index (χ4n) is 3.45. The summed E-state index contributed by atoms with van der Waals surface area (Å²) in [4.78, 5) is 29.1. The van der Waals surface area contributed by atoms with Gasteiger partial charge in [-0.1, -0.05) is 6.07 Å². The first-order valence-corrected chi connectivity index (χ1v) is 10.0. The third-order valence-electron chi connectivity index (χ3n) is 5.09. The van der Waals surface area contributed by atoms with Crippen LogP contribution in [0.3, 0.4) is 0 Å². The molecular weight excluding hydrogens is 413 g/mol. The second-order valence-electron chi connectivity index (χ2n) is 8.12. The number of rotatable bonds is 4. The van der Waals surface area contributed by atoms with Crippen LogP contribution in [-0.4, -0.2) is 32.2 Å². The largest absolute Gasteiger partial charge is 0.474 e. The molecule has 0 unspecified atom stereocenters. The molecule has 10 heteroatoms. The van der Waals surface area contributed by atoms with Gasteiger partial charge in [0.05, 0.1) is 11.9 Å². The predicted molar refractivity (Wildman–Crippen MR) is 119 cm³/mol. The summed E-state index contributed by atoms with van der Waals surface area (Å²) in [6.45, 7) is 5.31. The van der Waals surface area contributed by atoms with Crippen molar-refractivity contribution in [2.75, 3.05) is 16.0 Å². The lowest BCUT2D eigenvalue weighted by Gasteiger charge is -2.30. The highest BCUT2D eigenvalue weighted by Crippen LogP contribution is 2.34. The highest BCUT2D eigenvalue weighted by atomic mass is 19.1.